The summed E-state index contributed by atoms with van der Waals surface area (Å²) < 4.78 is 26.5. The van der Waals surface area contributed by atoms with E-state index in [2.05, 4.69) is 13.8 Å². The summed E-state index contributed by atoms with van der Waals surface area (Å²) in [5.41, 5.74) is 1.28. The molecule has 4 nitrogen and oxygen atoms in total. The van der Waals surface area contributed by atoms with Crippen LogP contribution in [0.4, 0.5) is 0 Å². The zero-order valence-electron chi connectivity index (χ0n) is 11.9. The topological polar surface area (TPSA) is 61.2 Å². The molecular formula is C15H20N2O2S. The van der Waals surface area contributed by atoms with Crippen molar-refractivity contribution in [3.8, 4) is 6.07 Å². The molecule has 20 heavy (non-hydrogen) atoms. The number of sulfonamides is 1. The second-order valence-corrected chi connectivity index (χ2v) is 7.80. The summed E-state index contributed by atoms with van der Waals surface area (Å²) in [7, 11) is -3.27. The van der Waals surface area contributed by atoms with Gasteiger partial charge in [-0.1, -0.05) is 26.0 Å². The van der Waals surface area contributed by atoms with Gasteiger partial charge in [-0.05, 0) is 36.0 Å². The summed E-state index contributed by atoms with van der Waals surface area (Å²) in [5, 5.41) is 8.75. The Bertz CT molecular complexity index is 592. The van der Waals surface area contributed by atoms with Crippen molar-refractivity contribution in [2.24, 2.45) is 11.8 Å². The van der Waals surface area contributed by atoms with Crippen molar-refractivity contribution < 1.29 is 8.42 Å². The van der Waals surface area contributed by atoms with Gasteiger partial charge in [-0.25, -0.2) is 12.7 Å². The van der Waals surface area contributed by atoms with Crippen molar-refractivity contribution in [1.82, 2.24) is 4.31 Å². The van der Waals surface area contributed by atoms with Gasteiger partial charge in [-0.15, -0.1) is 0 Å². The molecule has 0 bridgehead atoms. The van der Waals surface area contributed by atoms with Gasteiger partial charge >= 0.3 is 0 Å². The van der Waals surface area contributed by atoms with Gasteiger partial charge in [-0.3, -0.25) is 0 Å². The normalized spacial score (nSPS) is 24.2. The molecule has 1 saturated heterocycles. The van der Waals surface area contributed by atoms with E-state index < -0.39 is 10.0 Å². The lowest BCUT2D eigenvalue weighted by atomic mass is 9.94. The fraction of sp³-hybridized carbons (Fsp3) is 0.533. The lowest BCUT2D eigenvalue weighted by Gasteiger charge is -2.34. The van der Waals surface area contributed by atoms with Crippen LogP contribution in [0.2, 0.25) is 0 Å². The highest BCUT2D eigenvalue weighted by Gasteiger charge is 2.30. The average Bonchev–Trinajstić information content (AvgIpc) is 2.38. The zero-order chi connectivity index (χ0) is 14.8. The molecule has 1 heterocycles. The predicted molar refractivity (Wildman–Crippen MR) is 78.3 cm³/mol. The highest BCUT2D eigenvalue weighted by atomic mass is 32.2. The van der Waals surface area contributed by atoms with Gasteiger partial charge in [0.2, 0.25) is 10.0 Å². The Kier molecular flexibility index (Phi) is 4.46. The molecule has 1 aromatic carbocycles. The molecule has 1 aliphatic rings. The second-order valence-electron chi connectivity index (χ2n) is 5.83. The molecule has 0 radical (unpaired) electrons. The van der Waals surface area contributed by atoms with E-state index >= 15 is 0 Å². The van der Waals surface area contributed by atoms with Crippen LogP contribution in [0.1, 0.15) is 31.4 Å². The Balaban J connectivity index is 2.12. The van der Waals surface area contributed by atoms with Crippen LogP contribution in [-0.2, 0) is 15.8 Å². The van der Waals surface area contributed by atoms with Crippen molar-refractivity contribution in [1.29, 1.82) is 5.26 Å². The van der Waals surface area contributed by atoms with E-state index in [0.29, 0.717) is 30.5 Å². The maximum atomic E-state index is 12.5. The minimum absolute atomic E-state index is 0.0121. The van der Waals surface area contributed by atoms with Gasteiger partial charge in [0.25, 0.3) is 0 Å². The number of benzene rings is 1. The number of hydrogen-bond acceptors (Lipinski definition) is 3. The van der Waals surface area contributed by atoms with Crippen LogP contribution in [0, 0.1) is 23.2 Å². The Morgan fingerprint density at radius 2 is 1.75 bits per heavy atom. The fourth-order valence-corrected chi connectivity index (χ4v) is 4.57. The molecule has 5 heteroatoms. The molecule has 0 N–H and O–H groups in total. The Morgan fingerprint density at radius 3 is 2.25 bits per heavy atom. The van der Waals surface area contributed by atoms with Crippen molar-refractivity contribution >= 4 is 10.0 Å². The second kappa shape index (κ2) is 5.94. The molecule has 1 aromatic rings. The zero-order valence-corrected chi connectivity index (χ0v) is 12.7. The van der Waals surface area contributed by atoms with Crippen LogP contribution in [-0.4, -0.2) is 25.8 Å². The molecule has 2 rings (SSSR count). The molecule has 0 saturated carbocycles. The van der Waals surface area contributed by atoms with Gasteiger partial charge in [0.05, 0.1) is 17.4 Å². The first-order chi connectivity index (χ1) is 9.40. The van der Waals surface area contributed by atoms with Crippen molar-refractivity contribution in [3.05, 3.63) is 35.4 Å². The first-order valence-electron chi connectivity index (χ1n) is 6.87. The summed E-state index contributed by atoms with van der Waals surface area (Å²) in [5.74, 6) is 0.835. The predicted octanol–water partition coefficient (Wildman–Crippen LogP) is 2.37. The van der Waals surface area contributed by atoms with Gasteiger partial charge in [0.15, 0.2) is 0 Å². The van der Waals surface area contributed by atoms with E-state index in [-0.39, 0.29) is 5.75 Å². The van der Waals surface area contributed by atoms with Gasteiger partial charge in [0, 0.05) is 13.1 Å². The lowest BCUT2D eigenvalue weighted by Crippen LogP contribution is -2.43. The van der Waals surface area contributed by atoms with E-state index in [0.717, 1.165) is 12.0 Å². The third-order valence-electron chi connectivity index (χ3n) is 3.66. The van der Waals surface area contributed by atoms with Crippen LogP contribution in [0.5, 0.6) is 0 Å². The van der Waals surface area contributed by atoms with Crippen LogP contribution in [0.15, 0.2) is 24.3 Å². The van der Waals surface area contributed by atoms with E-state index in [9.17, 15) is 8.42 Å². The van der Waals surface area contributed by atoms with E-state index in [4.69, 9.17) is 5.26 Å². The van der Waals surface area contributed by atoms with Crippen LogP contribution in [0.3, 0.4) is 0 Å². The quantitative estimate of drug-likeness (QED) is 0.859. The number of nitriles is 1. The Labute approximate surface area is 121 Å². The molecule has 0 aromatic heterocycles. The fourth-order valence-electron chi connectivity index (χ4n) is 2.81. The first-order valence-corrected chi connectivity index (χ1v) is 8.48. The molecule has 1 fully saturated rings. The third kappa shape index (κ3) is 3.59. The minimum Gasteiger partial charge on any atom is -0.212 e. The van der Waals surface area contributed by atoms with Crippen molar-refractivity contribution in [2.45, 2.75) is 26.0 Å². The SMILES string of the molecule is CC1CC(C)CN(S(=O)(=O)Cc2ccc(C#N)cc2)C1. The van der Waals surface area contributed by atoms with Gasteiger partial charge in [0.1, 0.15) is 0 Å². The molecule has 108 valence electrons. The number of nitrogens with zero attached hydrogens (tertiary/aromatic N) is 2. The van der Waals surface area contributed by atoms with Crippen LogP contribution in [0.25, 0.3) is 0 Å². The van der Waals surface area contributed by atoms with E-state index in [1.807, 2.05) is 6.07 Å². The maximum Gasteiger partial charge on any atom is 0.218 e. The highest BCUT2D eigenvalue weighted by Crippen LogP contribution is 2.24. The largest absolute Gasteiger partial charge is 0.218 e. The highest BCUT2D eigenvalue weighted by molar-refractivity contribution is 7.88. The molecule has 2 unspecified atom stereocenters. The number of rotatable bonds is 3. The molecule has 0 amide bonds. The monoisotopic (exact) mass is 292 g/mol. The smallest absolute Gasteiger partial charge is 0.212 e. The summed E-state index contributed by atoms with van der Waals surface area (Å²) in [6.45, 7) is 5.42. The van der Waals surface area contributed by atoms with Crippen molar-refractivity contribution in [2.75, 3.05) is 13.1 Å². The van der Waals surface area contributed by atoms with E-state index in [1.54, 1.807) is 28.6 Å². The summed E-state index contributed by atoms with van der Waals surface area (Å²) in [6.07, 6.45) is 1.09. The molecule has 0 aliphatic carbocycles. The van der Waals surface area contributed by atoms with Gasteiger partial charge < -0.3 is 0 Å². The van der Waals surface area contributed by atoms with Crippen LogP contribution >= 0.6 is 0 Å². The van der Waals surface area contributed by atoms with Crippen molar-refractivity contribution in [3.63, 3.8) is 0 Å². The first kappa shape index (κ1) is 15.0. The molecule has 2 atom stereocenters. The molecular weight excluding hydrogens is 272 g/mol. The number of hydrogen-bond donors (Lipinski definition) is 0. The Morgan fingerprint density at radius 1 is 1.20 bits per heavy atom. The minimum atomic E-state index is -3.27. The summed E-state index contributed by atoms with van der Waals surface area (Å²) in [6, 6.07) is 8.78. The maximum absolute atomic E-state index is 12.5. The van der Waals surface area contributed by atoms with Crippen LogP contribution < -0.4 is 0 Å². The number of piperidine rings is 1. The standard InChI is InChI=1S/C15H20N2O2S/c1-12-7-13(2)10-17(9-12)20(18,19)11-15-5-3-14(8-16)4-6-15/h3-6,12-13H,7,9-11H2,1-2H3. The molecule has 0 spiro atoms. The average molecular weight is 292 g/mol. The van der Waals surface area contributed by atoms with E-state index in [1.165, 1.54) is 0 Å². The lowest BCUT2D eigenvalue weighted by molar-refractivity contribution is 0.222. The van der Waals surface area contributed by atoms with Gasteiger partial charge in [-0.2, -0.15) is 5.26 Å². The summed E-state index contributed by atoms with van der Waals surface area (Å²) in [4.78, 5) is 0. The summed E-state index contributed by atoms with van der Waals surface area (Å²) >= 11 is 0. The molecule has 1 aliphatic heterocycles. The Hall–Kier alpha value is -1.38. The third-order valence-corrected chi connectivity index (χ3v) is 5.44.